The summed E-state index contributed by atoms with van der Waals surface area (Å²) in [5.41, 5.74) is 3.97. The average molecular weight is 393 g/mol. The lowest BCUT2D eigenvalue weighted by molar-refractivity contribution is -0.0411. The Hall–Kier alpha value is -3.00. The van der Waals surface area contributed by atoms with Gasteiger partial charge >= 0.3 is 0 Å². The highest BCUT2D eigenvalue weighted by molar-refractivity contribution is 5.65. The smallest absolute Gasteiger partial charge is 0.247 e. The molecule has 2 aromatic heterocycles. The van der Waals surface area contributed by atoms with E-state index in [2.05, 4.69) is 74.1 Å². The van der Waals surface area contributed by atoms with Gasteiger partial charge in [-0.05, 0) is 44.5 Å². The zero-order chi connectivity index (χ0) is 20.0. The molecule has 2 saturated heterocycles. The van der Waals surface area contributed by atoms with E-state index in [4.69, 9.17) is 0 Å². The van der Waals surface area contributed by atoms with Crippen LogP contribution in [0.5, 0.6) is 0 Å². The third-order valence-electron chi connectivity index (χ3n) is 5.82. The van der Waals surface area contributed by atoms with Crippen LogP contribution in [0, 0.1) is 12.3 Å². The summed E-state index contributed by atoms with van der Waals surface area (Å²) in [7, 11) is 0. The largest absolute Gasteiger partial charge is 0.370 e. The Kier molecular flexibility index (Phi) is 4.24. The van der Waals surface area contributed by atoms with Gasteiger partial charge in [-0.3, -0.25) is 9.88 Å². The predicted molar refractivity (Wildman–Crippen MR) is 115 cm³/mol. The molecule has 1 aromatic carbocycles. The van der Waals surface area contributed by atoms with Crippen LogP contribution in [-0.4, -0.2) is 61.9 Å². The van der Waals surface area contributed by atoms with Crippen LogP contribution in [0.4, 0.5) is 17.3 Å². The Morgan fingerprint density at radius 3 is 2.62 bits per heavy atom. The van der Waals surface area contributed by atoms with Gasteiger partial charge < -0.3 is 10.2 Å². The van der Waals surface area contributed by atoms with E-state index in [1.807, 2.05) is 0 Å². The second-order valence-corrected chi connectivity index (χ2v) is 8.61. The zero-order valence-electron chi connectivity index (χ0n) is 17.1. The highest BCUT2D eigenvalue weighted by atomic mass is 15.4. The number of anilines is 3. The summed E-state index contributed by atoms with van der Waals surface area (Å²) in [6.07, 6.45) is 6.57. The summed E-state index contributed by atoms with van der Waals surface area (Å²) in [5.74, 6) is 1.18. The second kappa shape index (κ2) is 6.81. The van der Waals surface area contributed by atoms with Gasteiger partial charge in [-0.15, -0.1) is 5.10 Å². The van der Waals surface area contributed by atoms with Crippen LogP contribution in [0.1, 0.15) is 20.8 Å². The Labute approximate surface area is 172 Å². The Balaban J connectivity index is 0.00000218. The molecule has 2 aliphatic rings. The van der Waals surface area contributed by atoms with Crippen LogP contribution in [0.3, 0.4) is 0 Å². The van der Waals surface area contributed by atoms with E-state index in [1.54, 1.807) is 29.6 Å². The third-order valence-corrected chi connectivity index (χ3v) is 5.82. The molecule has 5 rings (SSSR count). The average Bonchev–Trinajstić information content (AvgIpc) is 3.08. The minimum absolute atomic E-state index is 0. The maximum Gasteiger partial charge on any atom is 0.247 e. The summed E-state index contributed by atoms with van der Waals surface area (Å²) in [6, 6.07) is 7.20. The molecule has 0 radical (unpaired) electrons. The number of aromatic nitrogens is 5. The van der Waals surface area contributed by atoms with Gasteiger partial charge in [-0.2, -0.15) is 9.67 Å². The van der Waals surface area contributed by atoms with E-state index in [1.165, 1.54) is 24.3 Å². The highest BCUT2D eigenvalue weighted by Crippen LogP contribution is 2.43. The molecule has 0 saturated carbocycles. The first-order chi connectivity index (χ1) is 14.0. The van der Waals surface area contributed by atoms with Crippen molar-refractivity contribution in [3.8, 4) is 5.82 Å². The molecule has 2 fully saturated rings. The number of nitrogens with zero attached hydrogens (tertiary/aromatic N) is 7. The van der Waals surface area contributed by atoms with Gasteiger partial charge in [-0.1, -0.05) is 0 Å². The van der Waals surface area contributed by atoms with E-state index in [0.717, 1.165) is 18.8 Å². The molecule has 8 heteroatoms. The van der Waals surface area contributed by atoms with Crippen LogP contribution in [0.2, 0.25) is 0 Å². The van der Waals surface area contributed by atoms with Crippen LogP contribution >= 0.6 is 0 Å². The topological polar surface area (TPSA) is 75.0 Å². The molecule has 1 spiro atoms. The van der Waals surface area contributed by atoms with Crippen molar-refractivity contribution < 1.29 is 1.43 Å². The van der Waals surface area contributed by atoms with Gasteiger partial charge in [0.25, 0.3) is 0 Å². The molecule has 0 amide bonds. The number of hydrogen-bond acceptors (Lipinski definition) is 7. The van der Waals surface area contributed by atoms with Crippen molar-refractivity contribution in [3.05, 3.63) is 48.7 Å². The molecule has 0 unspecified atom stereocenters. The first-order valence-corrected chi connectivity index (χ1v) is 10.1. The van der Waals surface area contributed by atoms with E-state index < -0.39 is 0 Å². The summed E-state index contributed by atoms with van der Waals surface area (Å²) < 4.78 is 1.61. The molecule has 4 heterocycles. The lowest BCUT2D eigenvalue weighted by Gasteiger charge is -2.62. The molecule has 0 bridgehead atoms. The van der Waals surface area contributed by atoms with Crippen molar-refractivity contribution in [2.45, 2.75) is 26.8 Å². The quantitative estimate of drug-likeness (QED) is 0.715. The molecule has 1 N–H and O–H groups in total. The SMILES string of the molecule is Cc1cc(Nc2ncn(-c3cnccn3)n2)cc(N2CC3(C2)CN(C(C)C)C3)c1.[HH]. The van der Waals surface area contributed by atoms with Gasteiger partial charge in [-0.25, -0.2) is 4.98 Å². The van der Waals surface area contributed by atoms with Crippen molar-refractivity contribution in [2.24, 2.45) is 5.41 Å². The van der Waals surface area contributed by atoms with Gasteiger partial charge in [0.05, 0.1) is 6.20 Å². The summed E-state index contributed by atoms with van der Waals surface area (Å²) in [6.45, 7) is 11.4. The van der Waals surface area contributed by atoms with Gasteiger partial charge in [0.2, 0.25) is 5.95 Å². The number of nitrogens with one attached hydrogen (secondary N) is 1. The van der Waals surface area contributed by atoms with Crippen LogP contribution in [0.25, 0.3) is 5.82 Å². The number of likely N-dealkylation sites (tertiary alicyclic amines) is 1. The molecule has 0 atom stereocenters. The Morgan fingerprint density at radius 1 is 1.07 bits per heavy atom. The van der Waals surface area contributed by atoms with Crippen molar-refractivity contribution in [1.29, 1.82) is 0 Å². The Bertz CT molecular complexity index is 1000. The molecule has 8 nitrogen and oxygen atoms in total. The van der Waals surface area contributed by atoms with Crippen LogP contribution in [-0.2, 0) is 0 Å². The number of hydrogen-bond donors (Lipinski definition) is 1. The maximum absolute atomic E-state index is 4.46. The van der Waals surface area contributed by atoms with Gasteiger partial charge in [0, 0.05) is 62.8 Å². The monoisotopic (exact) mass is 392 g/mol. The fraction of sp³-hybridized carbons (Fsp3) is 0.429. The summed E-state index contributed by atoms with van der Waals surface area (Å²) >= 11 is 0. The van der Waals surface area contributed by atoms with Crippen molar-refractivity contribution >= 4 is 17.3 Å². The molecular weight excluding hydrogens is 364 g/mol. The zero-order valence-corrected chi connectivity index (χ0v) is 17.1. The first-order valence-electron chi connectivity index (χ1n) is 10.1. The summed E-state index contributed by atoms with van der Waals surface area (Å²) in [5, 5.41) is 7.78. The highest BCUT2D eigenvalue weighted by Gasteiger charge is 2.52. The standard InChI is InChI=1S/C21H26N8.H2/c1-15(2)27-10-21(11-27)12-28(13-21)18-7-16(3)6-17(8-18)25-20-24-14-29(26-20)19-9-22-4-5-23-19;/h4-9,14-15H,10-13H2,1-3H3,(H,25,26);1H. The lowest BCUT2D eigenvalue weighted by Crippen LogP contribution is -2.73. The summed E-state index contributed by atoms with van der Waals surface area (Å²) in [4.78, 5) is 17.7. The van der Waals surface area contributed by atoms with Gasteiger partial charge in [0.15, 0.2) is 5.82 Å². The van der Waals surface area contributed by atoms with Gasteiger partial charge in [0.1, 0.15) is 6.33 Å². The van der Waals surface area contributed by atoms with Crippen LogP contribution < -0.4 is 10.2 Å². The van der Waals surface area contributed by atoms with Crippen molar-refractivity contribution in [2.75, 3.05) is 36.4 Å². The van der Waals surface area contributed by atoms with E-state index in [0.29, 0.717) is 23.2 Å². The number of rotatable bonds is 5. The fourth-order valence-corrected chi connectivity index (χ4v) is 4.31. The van der Waals surface area contributed by atoms with E-state index in [9.17, 15) is 0 Å². The first kappa shape index (κ1) is 18.1. The van der Waals surface area contributed by atoms with Crippen molar-refractivity contribution in [1.82, 2.24) is 29.6 Å². The molecule has 29 heavy (non-hydrogen) atoms. The maximum atomic E-state index is 4.46. The van der Waals surface area contributed by atoms with E-state index in [-0.39, 0.29) is 1.43 Å². The molecule has 152 valence electrons. The van der Waals surface area contributed by atoms with Crippen molar-refractivity contribution in [3.63, 3.8) is 0 Å². The normalized spacial score (nSPS) is 18.0. The predicted octanol–water partition coefficient (Wildman–Crippen LogP) is 2.89. The molecule has 3 aromatic rings. The Morgan fingerprint density at radius 2 is 1.90 bits per heavy atom. The minimum atomic E-state index is 0. The number of benzene rings is 1. The molecule has 2 aliphatic heterocycles. The number of aryl methyl sites for hydroxylation is 1. The third kappa shape index (κ3) is 3.44. The van der Waals surface area contributed by atoms with E-state index >= 15 is 0 Å². The second-order valence-electron chi connectivity index (χ2n) is 8.61. The molecular formula is C21H28N8. The molecule has 0 aliphatic carbocycles. The van der Waals surface area contributed by atoms with Crippen LogP contribution in [0.15, 0.2) is 43.1 Å². The fourth-order valence-electron chi connectivity index (χ4n) is 4.31. The minimum Gasteiger partial charge on any atom is -0.370 e. The lowest BCUT2D eigenvalue weighted by atomic mass is 9.72.